The first-order chi connectivity index (χ1) is 11.7. The molecule has 1 N–H and O–H groups in total. The summed E-state index contributed by atoms with van der Waals surface area (Å²) in [5, 5.41) is 8.99. The van der Waals surface area contributed by atoms with E-state index >= 15 is 0 Å². The lowest BCUT2D eigenvalue weighted by Gasteiger charge is -2.23. The minimum atomic E-state index is -4.22. The first kappa shape index (κ1) is 19.2. The van der Waals surface area contributed by atoms with Crippen molar-refractivity contribution >= 4 is 11.9 Å². The number of methoxy groups -OCH3 is 1. The van der Waals surface area contributed by atoms with Gasteiger partial charge in [0.2, 0.25) is 0 Å². The van der Waals surface area contributed by atoms with Crippen LogP contribution in [-0.4, -0.2) is 53.9 Å². The number of likely N-dealkylation sites (tertiary alicyclic amines) is 1. The maximum absolute atomic E-state index is 12.6. The number of aryl methyl sites for hydroxylation is 1. The van der Waals surface area contributed by atoms with Crippen LogP contribution < -0.4 is 0 Å². The van der Waals surface area contributed by atoms with Crippen LogP contribution in [0.3, 0.4) is 0 Å². The van der Waals surface area contributed by atoms with E-state index in [0.29, 0.717) is 24.1 Å². The van der Waals surface area contributed by atoms with Crippen LogP contribution in [0.15, 0.2) is 24.3 Å². The molecule has 138 valence electrons. The van der Waals surface area contributed by atoms with E-state index in [9.17, 15) is 22.8 Å². The van der Waals surface area contributed by atoms with E-state index in [4.69, 9.17) is 9.84 Å². The maximum Gasteiger partial charge on any atom is 0.389 e. The van der Waals surface area contributed by atoms with Crippen molar-refractivity contribution in [3.63, 3.8) is 0 Å². The van der Waals surface area contributed by atoms with E-state index in [1.54, 1.807) is 0 Å². The summed E-state index contributed by atoms with van der Waals surface area (Å²) in [4.78, 5) is 25.1. The molecule has 0 aliphatic carbocycles. The van der Waals surface area contributed by atoms with Crippen molar-refractivity contribution in [1.29, 1.82) is 0 Å². The molecule has 5 nitrogen and oxygen atoms in total. The van der Waals surface area contributed by atoms with Crippen molar-refractivity contribution in [2.45, 2.75) is 44.0 Å². The van der Waals surface area contributed by atoms with Gasteiger partial charge in [0, 0.05) is 31.7 Å². The van der Waals surface area contributed by atoms with Gasteiger partial charge >= 0.3 is 12.1 Å². The summed E-state index contributed by atoms with van der Waals surface area (Å²) in [6.45, 7) is 0.295. The van der Waals surface area contributed by atoms with Crippen molar-refractivity contribution in [1.82, 2.24) is 4.90 Å². The van der Waals surface area contributed by atoms with Gasteiger partial charge in [0.05, 0.1) is 12.5 Å². The third-order valence-electron chi connectivity index (χ3n) is 4.28. The van der Waals surface area contributed by atoms with Gasteiger partial charge in [0.1, 0.15) is 0 Å². The van der Waals surface area contributed by atoms with Crippen LogP contribution in [0, 0.1) is 0 Å². The second-order valence-corrected chi connectivity index (χ2v) is 6.11. The van der Waals surface area contributed by atoms with Gasteiger partial charge in [-0.25, -0.2) is 0 Å². The highest BCUT2D eigenvalue weighted by molar-refractivity contribution is 5.95. The van der Waals surface area contributed by atoms with Crippen molar-refractivity contribution in [2.75, 3.05) is 13.7 Å². The van der Waals surface area contributed by atoms with E-state index in [0.717, 1.165) is 0 Å². The van der Waals surface area contributed by atoms with Crippen molar-refractivity contribution in [3.05, 3.63) is 35.4 Å². The average molecular weight is 359 g/mol. The highest BCUT2D eigenvalue weighted by atomic mass is 19.4. The van der Waals surface area contributed by atoms with Crippen LogP contribution in [0.5, 0.6) is 0 Å². The summed E-state index contributed by atoms with van der Waals surface area (Å²) in [7, 11) is 1.51. The maximum atomic E-state index is 12.6. The fourth-order valence-electron chi connectivity index (χ4n) is 2.95. The molecule has 25 heavy (non-hydrogen) atoms. The largest absolute Gasteiger partial charge is 0.481 e. The Labute approximate surface area is 143 Å². The fourth-order valence-corrected chi connectivity index (χ4v) is 2.95. The predicted molar refractivity (Wildman–Crippen MR) is 83.3 cm³/mol. The lowest BCUT2D eigenvalue weighted by atomic mass is 10.1. The number of carbonyl (C=O) groups is 2. The van der Waals surface area contributed by atoms with Crippen LogP contribution in [0.1, 0.15) is 35.2 Å². The summed E-state index contributed by atoms with van der Waals surface area (Å²) < 4.78 is 42.0. The summed E-state index contributed by atoms with van der Waals surface area (Å²) in [5.74, 6) is -1.34. The van der Waals surface area contributed by atoms with Gasteiger partial charge in [-0.1, -0.05) is 12.1 Å². The van der Waals surface area contributed by atoms with Crippen LogP contribution in [0.25, 0.3) is 0 Å². The number of rotatable bonds is 6. The molecule has 1 aliphatic rings. The van der Waals surface area contributed by atoms with Gasteiger partial charge in [0.25, 0.3) is 5.91 Å². The van der Waals surface area contributed by atoms with E-state index in [1.807, 2.05) is 0 Å². The zero-order valence-corrected chi connectivity index (χ0v) is 13.8. The first-order valence-electron chi connectivity index (χ1n) is 7.91. The molecule has 8 heteroatoms. The average Bonchev–Trinajstić information content (AvgIpc) is 2.94. The molecule has 0 spiro atoms. The normalized spacial score (nSPS) is 20.7. The number of carboxylic acid groups (broad SMARTS) is 1. The third kappa shape index (κ3) is 5.45. The lowest BCUT2D eigenvalue weighted by molar-refractivity contribution is -0.138. The molecule has 0 saturated carbocycles. The molecule has 1 aromatic rings. The van der Waals surface area contributed by atoms with Crippen LogP contribution in [0.4, 0.5) is 13.2 Å². The number of ether oxygens (including phenoxy) is 1. The zero-order chi connectivity index (χ0) is 18.6. The molecule has 1 saturated heterocycles. The van der Waals surface area contributed by atoms with E-state index in [1.165, 1.54) is 36.3 Å². The summed E-state index contributed by atoms with van der Waals surface area (Å²) in [6, 6.07) is 5.49. The number of carbonyl (C=O) groups excluding carboxylic acids is 1. The van der Waals surface area contributed by atoms with Gasteiger partial charge in [-0.15, -0.1) is 0 Å². The Morgan fingerprint density at radius 3 is 2.44 bits per heavy atom. The second kappa shape index (κ2) is 7.86. The number of alkyl halides is 3. The Hall–Kier alpha value is -2.09. The number of amides is 1. The SMILES string of the molecule is COC1CC(CC(=O)O)N(C(=O)c2ccc(CCC(F)(F)F)cc2)C1. The van der Waals surface area contributed by atoms with E-state index < -0.39 is 24.6 Å². The van der Waals surface area contributed by atoms with Crippen molar-refractivity contribution in [3.8, 4) is 0 Å². The fraction of sp³-hybridized carbons (Fsp3) is 0.529. The molecule has 0 aromatic heterocycles. The predicted octanol–water partition coefficient (Wildman–Crippen LogP) is 2.89. The quantitative estimate of drug-likeness (QED) is 0.848. The third-order valence-corrected chi connectivity index (χ3v) is 4.28. The van der Waals surface area contributed by atoms with Gasteiger partial charge in [-0.3, -0.25) is 9.59 Å². The molecule has 1 aromatic carbocycles. The molecule has 2 rings (SSSR count). The monoisotopic (exact) mass is 359 g/mol. The number of hydrogen-bond acceptors (Lipinski definition) is 3. The first-order valence-corrected chi connectivity index (χ1v) is 7.91. The van der Waals surface area contributed by atoms with Gasteiger partial charge in [-0.05, 0) is 30.5 Å². The molecule has 2 atom stereocenters. The van der Waals surface area contributed by atoms with Gasteiger partial charge in [0.15, 0.2) is 0 Å². The molecule has 1 aliphatic heterocycles. The topological polar surface area (TPSA) is 66.8 Å². The molecular formula is C17H20F3NO4. The summed E-state index contributed by atoms with van der Waals surface area (Å²) >= 11 is 0. The van der Waals surface area contributed by atoms with Crippen molar-refractivity contribution in [2.24, 2.45) is 0 Å². The molecule has 1 heterocycles. The lowest BCUT2D eigenvalue weighted by Crippen LogP contribution is -2.37. The van der Waals surface area contributed by atoms with E-state index in [2.05, 4.69) is 0 Å². The standard InChI is InChI=1S/C17H20F3NO4/c1-25-14-8-13(9-15(22)23)21(10-14)16(24)12-4-2-11(3-5-12)6-7-17(18,19)20/h2-5,13-14H,6-10H2,1H3,(H,22,23). The highest BCUT2D eigenvalue weighted by Crippen LogP contribution is 2.26. The highest BCUT2D eigenvalue weighted by Gasteiger charge is 2.36. The van der Waals surface area contributed by atoms with Crippen LogP contribution in [-0.2, 0) is 16.0 Å². The molecule has 1 fully saturated rings. The van der Waals surface area contributed by atoms with Gasteiger partial charge in [-0.2, -0.15) is 13.2 Å². The number of benzene rings is 1. The van der Waals surface area contributed by atoms with Crippen LogP contribution >= 0.6 is 0 Å². The number of halogens is 3. The molecular weight excluding hydrogens is 339 g/mol. The number of aliphatic carboxylic acids is 1. The second-order valence-electron chi connectivity index (χ2n) is 6.11. The Morgan fingerprint density at radius 2 is 1.92 bits per heavy atom. The molecule has 2 unspecified atom stereocenters. The Morgan fingerprint density at radius 1 is 1.28 bits per heavy atom. The summed E-state index contributed by atoms with van der Waals surface area (Å²) in [6.07, 6.45) is -5.23. The number of hydrogen-bond donors (Lipinski definition) is 1. The van der Waals surface area contributed by atoms with E-state index in [-0.39, 0.29) is 24.9 Å². The summed E-state index contributed by atoms with van der Waals surface area (Å²) in [5.41, 5.74) is 0.815. The molecule has 0 radical (unpaired) electrons. The Balaban J connectivity index is 2.06. The number of carboxylic acids is 1. The van der Waals surface area contributed by atoms with Crippen molar-refractivity contribution < 1.29 is 32.6 Å². The molecule has 0 bridgehead atoms. The minimum absolute atomic E-state index is 0.144. The van der Waals surface area contributed by atoms with Crippen LogP contribution in [0.2, 0.25) is 0 Å². The smallest absolute Gasteiger partial charge is 0.389 e. The Bertz CT molecular complexity index is 615. The van der Waals surface area contributed by atoms with Gasteiger partial charge < -0.3 is 14.7 Å². The Kier molecular flexibility index (Phi) is 6.05. The minimum Gasteiger partial charge on any atom is -0.481 e. The number of nitrogens with zero attached hydrogens (tertiary/aromatic N) is 1. The molecule has 1 amide bonds. The zero-order valence-electron chi connectivity index (χ0n) is 13.8.